The first-order chi connectivity index (χ1) is 11.0. The number of carbonyl (C=O) groups excluding carboxylic acids is 1. The zero-order chi connectivity index (χ0) is 16.6. The number of halogens is 2. The molecule has 2 aromatic carbocycles. The molecule has 3 rings (SSSR count). The van der Waals surface area contributed by atoms with Crippen LogP contribution in [0, 0.1) is 11.6 Å². The molecule has 1 heterocycles. The number of amides is 1. The minimum Gasteiger partial charge on any atom is -0.478 e. The smallest absolute Gasteiger partial charge is 0.335 e. The maximum atomic E-state index is 13.7. The quantitative estimate of drug-likeness (QED) is 0.822. The number of rotatable bonds is 2. The fraction of sp³-hybridized carbons (Fsp3) is 0. The van der Waals surface area contributed by atoms with E-state index >= 15 is 0 Å². The fourth-order valence-electron chi connectivity index (χ4n) is 2.07. The van der Waals surface area contributed by atoms with Crippen LogP contribution in [-0.2, 0) is 4.79 Å². The molecule has 0 fully saturated rings. The van der Waals surface area contributed by atoms with Crippen molar-refractivity contribution in [2.24, 2.45) is 0 Å². The number of aromatic carboxylic acids is 1. The van der Waals surface area contributed by atoms with Crippen molar-refractivity contribution in [2.45, 2.75) is 4.90 Å². The Bertz CT molecular complexity index is 844. The first-order valence-electron chi connectivity index (χ1n) is 6.48. The molecule has 23 heavy (non-hydrogen) atoms. The second-order valence-electron chi connectivity index (χ2n) is 4.72. The van der Waals surface area contributed by atoms with Gasteiger partial charge in [0, 0.05) is 10.5 Å². The Kier molecular flexibility index (Phi) is 3.87. The van der Waals surface area contributed by atoms with E-state index in [0.29, 0.717) is 10.6 Å². The Morgan fingerprint density at radius 2 is 1.87 bits per heavy atom. The second kappa shape index (κ2) is 5.85. The van der Waals surface area contributed by atoms with Crippen molar-refractivity contribution in [3.05, 3.63) is 64.1 Å². The molecule has 2 aromatic rings. The topological polar surface area (TPSA) is 66.4 Å². The van der Waals surface area contributed by atoms with E-state index in [-0.39, 0.29) is 16.0 Å². The monoisotopic (exact) mass is 333 g/mol. The van der Waals surface area contributed by atoms with Crippen LogP contribution in [0.5, 0.6) is 0 Å². The highest BCUT2D eigenvalue weighted by atomic mass is 32.2. The number of carbonyl (C=O) groups is 2. The van der Waals surface area contributed by atoms with Gasteiger partial charge < -0.3 is 10.4 Å². The van der Waals surface area contributed by atoms with Gasteiger partial charge in [-0.1, -0.05) is 17.8 Å². The highest BCUT2D eigenvalue weighted by Gasteiger charge is 2.23. The number of benzene rings is 2. The van der Waals surface area contributed by atoms with Crippen LogP contribution in [-0.4, -0.2) is 17.0 Å². The first kappa shape index (κ1) is 15.2. The molecule has 0 bridgehead atoms. The summed E-state index contributed by atoms with van der Waals surface area (Å²) in [4.78, 5) is 23.7. The first-order valence-corrected chi connectivity index (χ1v) is 7.29. The number of hydrogen-bond donors (Lipinski definition) is 2. The van der Waals surface area contributed by atoms with Gasteiger partial charge in [-0.25, -0.2) is 13.6 Å². The Hall–Kier alpha value is -2.67. The van der Waals surface area contributed by atoms with Crippen molar-refractivity contribution >= 4 is 35.4 Å². The highest BCUT2D eigenvalue weighted by molar-refractivity contribution is 8.04. The van der Waals surface area contributed by atoms with E-state index in [4.69, 9.17) is 5.11 Å². The Morgan fingerprint density at radius 3 is 2.52 bits per heavy atom. The van der Waals surface area contributed by atoms with E-state index in [0.717, 1.165) is 30.0 Å². The van der Waals surface area contributed by atoms with E-state index in [2.05, 4.69) is 5.32 Å². The third kappa shape index (κ3) is 2.95. The number of carboxylic acid groups (broad SMARTS) is 1. The lowest BCUT2D eigenvalue weighted by Crippen LogP contribution is -2.18. The van der Waals surface area contributed by atoms with Crippen LogP contribution in [0.4, 0.5) is 14.5 Å². The van der Waals surface area contributed by atoms with Crippen molar-refractivity contribution in [3.63, 3.8) is 0 Å². The average Bonchev–Trinajstić information content (AvgIpc) is 2.50. The third-order valence-corrected chi connectivity index (χ3v) is 4.29. The zero-order valence-electron chi connectivity index (χ0n) is 11.5. The zero-order valence-corrected chi connectivity index (χ0v) is 12.3. The molecular weight excluding hydrogens is 324 g/mol. The van der Waals surface area contributed by atoms with Gasteiger partial charge in [-0.05, 0) is 36.4 Å². The van der Waals surface area contributed by atoms with Crippen LogP contribution >= 0.6 is 11.8 Å². The molecule has 0 atom stereocenters. The summed E-state index contributed by atoms with van der Waals surface area (Å²) in [5.41, 5.74) is 0.0963. The number of carboxylic acids is 1. The minimum atomic E-state index is -1.11. The molecule has 0 spiro atoms. The summed E-state index contributed by atoms with van der Waals surface area (Å²) in [5, 5.41) is 11.5. The van der Waals surface area contributed by atoms with Gasteiger partial charge in [0.05, 0.1) is 16.2 Å². The summed E-state index contributed by atoms with van der Waals surface area (Å²) >= 11 is 1.02. The van der Waals surface area contributed by atoms with E-state index in [1.54, 1.807) is 0 Å². The lowest BCUT2D eigenvalue weighted by atomic mass is 10.1. The van der Waals surface area contributed by atoms with E-state index in [9.17, 15) is 18.4 Å². The molecule has 7 heteroatoms. The molecule has 0 aliphatic carbocycles. The molecule has 1 aliphatic rings. The van der Waals surface area contributed by atoms with Gasteiger partial charge in [0.15, 0.2) is 0 Å². The third-order valence-electron chi connectivity index (χ3n) is 3.19. The van der Waals surface area contributed by atoms with Crippen LogP contribution in [0.3, 0.4) is 0 Å². The van der Waals surface area contributed by atoms with Gasteiger partial charge in [-0.15, -0.1) is 0 Å². The number of nitrogens with one attached hydrogen (secondary N) is 1. The van der Waals surface area contributed by atoms with Gasteiger partial charge in [0.2, 0.25) is 0 Å². The van der Waals surface area contributed by atoms with Gasteiger partial charge in [0.25, 0.3) is 5.91 Å². The molecule has 4 nitrogen and oxygen atoms in total. The number of hydrogen-bond acceptors (Lipinski definition) is 3. The van der Waals surface area contributed by atoms with Crippen LogP contribution in [0.1, 0.15) is 15.9 Å². The van der Waals surface area contributed by atoms with Crippen molar-refractivity contribution in [3.8, 4) is 0 Å². The Balaban J connectivity index is 2.00. The average molecular weight is 333 g/mol. The molecule has 0 aromatic heterocycles. The Morgan fingerprint density at radius 1 is 1.17 bits per heavy atom. The van der Waals surface area contributed by atoms with Crippen molar-refractivity contribution < 1.29 is 23.5 Å². The van der Waals surface area contributed by atoms with Crippen molar-refractivity contribution in [1.29, 1.82) is 0 Å². The lowest BCUT2D eigenvalue weighted by Gasteiger charge is -2.19. The molecule has 1 amide bonds. The van der Waals surface area contributed by atoms with E-state index in [1.807, 2.05) is 0 Å². The predicted molar refractivity (Wildman–Crippen MR) is 82.2 cm³/mol. The summed E-state index contributed by atoms with van der Waals surface area (Å²) in [5.74, 6) is -3.19. The molecule has 2 N–H and O–H groups in total. The molecule has 0 saturated heterocycles. The van der Waals surface area contributed by atoms with Gasteiger partial charge in [0.1, 0.15) is 11.6 Å². The summed E-state index contributed by atoms with van der Waals surface area (Å²) in [6, 6.07) is 7.72. The standard InChI is InChI=1S/C16H9F2NO3S/c17-10-2-1-3-11(18)9(10)7-14-15(20)19-12-6-8(16(21)22)4-5-13(12)23-14/h1-7H,(H,19,20)(H,21,22)/b14-7-. The number of anilines is 1. The number of thioether (sulfide) groups is 1. The minimum absolute atomic E-state index is 0.0391. The number of fused-ring (bicyclic) bond motifs is 1. The molecular formula is C16H9F2NO3S. The van der Waals surface area contributed by atoms with Crippen LogP contribution in [0.2, 0.25) is 0 Å². The van der Waals surface area contributed by atoms with Gasteiger partial charge in [-0.2, -0.15) is 0 Å². The fourth-order valence-corrected chi connectivity index (χ4v) is 2.99. The molecule has 1 aliphatic heterocycles. The summed E-state index contributed by atoms with van der Waals surface area (Å²) in [6.07, 6.45) is 1.14. The van der Waals surface area contributed by atoms with E-state index < -0.39 is 23.5 Å². The largest absolute Gasteiger partial charge is 0.478 e. The van der Waals surface area contributed by atoms with Gasteiger partial charge in [-0.3, -0.25) is 4.79 Å². The SMILES string of the molecule is O=C1Nc2cc(C(=O)O)ccc2S/C1=C\c1c(F)cccc1F. The van der Waals surface area contributed by atoms with Crippen molar-refractivity contribution in [2.75, 3.05) is 5.32 Å². The molecule has 116 valence electrons. The summed E-state index contributed by atoms with van der Waals surface area (Å²) in [6.45, 7) is 0. The maximum absolute atomic E-state index is 13.7. The van der Waals surface area contributed by atoms with E-state index in [1.165, 1.54) is 24.3 Å². The van der Waals surface area contributed by atoms with Crippen LogP contribution < -0.4 is 5.32 Å². The van der Waals surface area contributed by atoms with Crippen molar-refractivity contribution in [1.82, 2.24) is 0 Å². The predicted octanol–water partition coefficient (Wildman–Crippen LogP) is 3.75. The maximum Gasteiger partial charge on any atom is 0.335 e. The lowest BCUT2D eigenvalue weighted by molar-refractivity contribution is -0.112. The second-order valence-corrected chi connectivity index (χ2v) is 5.80. The summed E-state index contributed by atoms with van der Waals surface area (Å²) < 4.78 is 27.4. The van der Waals surface area contributed by atoms with Crippen LogP contribution in [0.25, 0.3) is 6.08 Å². The molecule has 0 radical (unpaired) electrons. The summed E-state index contributed by atoms with van der Waals surface area (Å²) in [7, 11) is 0. The van der Waals surface area contributed by atoms with Crippen LogP contribution in [0.15, 0.2) is 46.2 Å². The van der Waals surface area contributed by atoms with Gasteiger partial charge >= 0.3 is 5.97 Å². The normalized spacial score (nSPS) is 15.2. The molecule has 0 unspecified atom stereocenters. The molecule has 0 saturated carbocycles. The Labute approximate surface area is 133 Å². The highest BCUT2D eigenvalue weighted by Crippen LogP contribution is 2.39.